The normalized spacial score (nSPS) is 12.1. The van der Waals surface area contributed by atoms with E-state index in [0.717, 1.165) is 0 Å². The van der Waals surface area contributed by atoms with Crippen molar-refractivity contribution in [2.24, 2.45) is 5.73 Å². The Morgan fingerprint density at radius 3 is 2.82 bits per heavy atom. The number of nitrogens with zero attached hydrogens (tertiary/aromatic N) is 1. The van der Waals surface area contributed by atoms with E-state index >= 15 is 0 Å². The summed E-state index contributed by atoms with van der Waals surface area (Å²) in [5, 5.41) is 8.38. The standard InChI is InChI=1S/C8H7FN2/c9-7-3-1-2-6(4-7)8(11)5-10/h1-4,8H,11H2. The van der Waals surface area contributed by atoms with Crippen LogP contribution in [0.4, 0.5) is 4.39 Å². The fourth-order valence-corrected chi connectivity index (χ4v) is 0.775. The summed E-state index contributed by atoms with van der Waals surface area (Å²) in [6.07, 6.45) is 0. The third-order valence-electron chi connectivity index (χ3n) is 1.35. The first-order chi connectivity index (χ1) is 5.24. The van der Waals surface area contributed by atoms with E-state index < -0.39 is 6.04 Å². The molecule has 0 radical (unpaired) electrons. The molecule has 1 aromatic carbocycles. The quantitative estimate of drug-likeness (QED) is 0.656. The molecule has 56 valence electrons. The Labute approximate surface area is 64.1 Å². The van der Waals surface area contributed by atoms with Gasteiger partial charge in [-0.05, 0) is 17.7 Å². The summed E-state index contributed by atoms with van der Waals surface area (Å²) in [5.74, 6) is -0.367. The van der Waals surface area contributed by atoms with E-state index in [0.29, 0.717) is 5.56 Å². The second kappa shape index (κ2) is 3.13. The van der Waals surface area contributed by atoms with Crippen molar-refractivity contribution in [2.45, 2.75) is 6.04 Å². The van der Waals surface area contributed by atoms with Gasteiger partial charge < -0.3 is 5.73 Å². The molecular formula is C8H7FN2. The van der Waals surface area contributed by atoms with Gasteiger partial charge in [0.1, 0.15) is 11.9 Å². The van der Waals surface area contributed by atoms with Crippen molar-refractivity contribution in [2.75, 3.05) is 0 Å². The smallest absolute Gasteiger partial charge is 0.123 e. The molecule has 0 aliphatic carbocycles. The number of halogens is 1. The van der Waals surface area contributed by atoms with Crippen molar-refractivity contribution in [3.63, 3.8) is 0 Å². The van der Waals surface area contributed by atoms with E-state index in [-0.39, 0.29) is 5.82 Å². The lowest BCUT2D eigenvalue weighted by molar-refractivity contribution is 0.624. The molecule has 1 unspecified atom stereocenters. The molecule has 0 aliphatic heterocycles. The van der Waals surface area contributed by atoms with Crippen LogP contribution in [0.5, 0.6) is 0 Å². The first kappa shape index (κ1) is 7.70. The van der Waals surface area contributed by atoms with Crippen LogP contribution >= 0.6 is 0 Å². The van der Waals surface area contributed by atoms with Crippen LogP contribution in [0.1, 0.15) is 11.6 Å². The van der Waals surface area contributed by atoms with Gasteiger partial charge in [0, 0.05) is 0 Å². The molecule has 0 aromatic heterocycles. The van der Waals surface area contributed by atoms with Gasteiger partial charge in [0.15, 0.2) is 0 Å². The maximum Gasteiger partial charge on any atom is 0.123 e. The highest BCUT2D eigenvalue weighted by atomic mass is 19.1. The van der Waals surface area contributed by atoms with Crippen molar-refractivity contribution in [3.05, 3.63) is 35.6 Å². The number of hydrogen-bond donors (Lipinski definition) is 1. The van der Waals surface area contributed by atoms with Gasteiger partial charge in [-0.15, -0.1) is 0 Å². The third-order valence-corrected chi connectivity index (χ3v) is 1.35. The minimum atomic E-state index is -0.731. The van der Waals surface area contributed by atoms with Crippen LogP contribution in [0.3, 0.4) is 0 Å². The number of benzene rings is 1. The third kappa shape index (κ3) is 1.76. The van der Waals surface area contributed by atoms with Gasteiger partial charge >= 0.3 is 0 Å². The molecule has 0 heterocycles. The van der Waals surface area contributed by atoms with Gasteiger partial charge in [0.05, 0.1) is 6.07 Å². The zero-order chi connectivity index (χ0) is 8.27. The molecule has 11 heavy (non-hydrogen) atoms. The van der Waals surface area contributed by atoms with Gasteiger partial charge in [-0.3, -0.25) is 0 Å². The van der Waals surface area contributed by atoms with E-state index in [1.54, 1.807) is 6.07 Å². The first-order valence-corrected chi connectivity index (χ1v) is 3.14. The van der Waals surface area contributed by atoms with Crippen LogP contribution < -0.4 is 5.73 Å². The predicted octanol–water partition coefficient (Wildman–Crippen LogP) is 1.35. The van der Waals surface area contributed by atoms with Crippen molar-refractivity contribution in [1.82, 2.24) is 0 Å². The fourth-order valence-electron chi connectivity index (χ4n) is 0.775. The summed E-state index contributed by atoms with van der Waals surface area (Å²) >= 11 is 0. The predicted molar refractivity (Wildman–Crippen MR) is 38.9 cm³/mol. The van der Waals surface area contributed by atoms with Crippen molar-refractivity contribution in [3.8, 4) is 6.07 Å². The highest BCUT2D eigenvalue weighted by Gasteiger charge is 2.03. The first-order valence-electron chi connectivity index (χ1n) is 3.14. The maximum atomic E-state index is 12.5. The number of rotatable bonds is 1. The van der Waals surface area contributed by atoms with Gasteiger partial charge in [-0.25, -0.2) is 4.39 Å². The van der Waals surface area contributed by atoms with Crippen molar-refractivity contribution >= 4 is 0 Å². The van der Waals surface area contributed by atoms with Crippen LogP contribution in [0.15, 0.2) is 24.3 Å². The van der Waals surface area contributed by atoms with Crippen LogP contribution in [0.25, 0.3) is 0 Å². The molecule has 0 amide bonds. The van der Waals surface area contributed by atoms with Gasteiger partial charge in [0.25, 0.3) is 0 Å². The van der Waals surface area contributed by atoms with Crippen LogP contribution in [-0.2, 0) is 0 Å². The molecule has 0 saturated carbocycles. The molecule has 1 aromatic rings. The highest BCUT2D eigenvalue weighted by Crippen LogP contribution is 2.09. The Morgan fingerprint density at radius 1 is 1.55 bits per heavy atom. The zero-order valence-corrected chi connectivity index (χ0v) is 5.79. The monoisotopic (exact) mass is 150 g/mol. The van der Waals surface area contributed by atoms with Gasteiger partial charge in [0.2, 0.25) is 0 Å². The summed E-state index contributed by atoms with van der Waals surface area (Å²) in [5.41, 5.74) is 5.84. The van der Waals surface area contributed by atoms with Crippen LogP contribution in [0.2, 0.25) is 0 Å². The number of nitriles is 1. The summed E-state index contributed by atoms with van der Waals surface area (Å²) in [7, 11) is 0. The fraction of sp³-hybridized carbons (Fsp3) is 0.125. The van der Waals surface area contributed by atoms with E-state index in [1.807, 2.05) is 6.07 Å². The molecule has 2 N–H and O–H groups in total. The molecular weight excluding hydrogens is 143 g/mol. The second-order valence-electron chi connectivity index (χ2n) is 2.16. The Morgan fingerprint density at radius 2 is 2.27 bits per heavy atom. The van der Waals surface area contributed by atoms with E-state index in [4.69, 9.17) is 11.0 Å². The molecule has 0 aliphatic rings. The lowest BCUT2D eigenvalue weighted by Crippen LogP contribution is -2.06. The lowest BCUT2D eigenvalue weighted by atomic mass is 10.1. The average Bonchev–Trinajstić information content (AvgIpc) is 2.03. The molecule has 2 nitrogen and oxygen atoms in total. The molecule has 0 spiro atoms. The Bertz CT molecular complexity index is 290. The van der Waals surface area contributed by atoms with Crippen molar-refractivity contribution in [1.29, 1.82) is 5.26 Å². The van der Waals surface area contributed by atoms with E-state index in [9.17, 15) is 4.39 Å². The average molecular weight is 150 g/mol. The van der Waals surface area contributed by atoms with Crippen LogP contribution in [0, 0.1) is 17.1 Å². The summed E-state index contributed by atoms with van der Waals surface area (Å²) in [6.45, 7) is 0. The Kier molecular flexibility index (Phi) is 2.19. The minimum absolute atomic E-state index is 0.367. The topological polar surface area (TPSA) is 49.8 Å². The zero-order valence-electron chi connectivity index (χ0n) is 5.79. The highest BCUT2D eigenvalue weighted by molar-refractivity contribution is 5.23. The van der Waals surface area contributed by atoms with Crippen molar-refractivity contribution < 1.29 is 4.39 Å². The maximum absolute atomic E-state index is 12.5. The van der Waals surface area contributed by atoms with Crippen LogP contribution in [-0.4, -0.2) is 0 Å². The summed E-state index contributed by atoms with van der Waals surface area (Å²) in [6, 6.07) is 6.81. The second-order valence-corrected chi connectivity index (χ2v) is 2.16. The summed E-state index contributed by atoms with van der Waals surface area (Å²) < 4.78 is 12.5. The van der Waals surface area contributed by atoms with E-state index in [2.05, 4.69) is 0 Å². The minimum Gasteiger partial charge on any atom is -0.312 e. The molecule has 3 heteroatoms. The SMILES string of the molecule is N#CC(N)c1cccc(F)c1. The van der Waals surface area contributed by atoms with E-state index in [1.165, 1.54) is 18.2 Å². The molecule has 0 fully saturated rings. The molecule has 1 atom stereocenters. The molecule has 0 bridgehead atoms. The molecule has 1 rings (SSSR count). The largest absolute Gasteiger partial charge is 0.312 e. The number of nitrogens with two attached hydrogens (primary N) is 1. The van der Waals surface area contributed by atoms with Gasteiger partial charge in [-0.2, -0.15) is 5.26 Å². The molecule has 0 saturated heterocycles. The van der Waals surface area contributed by atoms with Gasteiger partial charge in [-0.1, -0.05) is 12.1 Å². The Hall–Kier alpha value is -1.40. The summed E-state index contributed by atoms with van der Waals surface area (Å²) in [4.78, 5) is 0. The Balaban J connectivity index is 2.98. The lowest BCUT2D eigenvalue weighted by Gasteiger charge is -2.00. The number of hydrogen-bond acceptors (Lipinski definition) is 2.